The smallest absolute Gasteiger partial charge is 0.275 e. The molecule has 4 heteroatoms. The van der Waals surface area contributed by atoms with Gasteiger partial charge in [0.1, 0.15) is 17.3 Å². The second kappa shape index (κ2) is 5.04. The average molecular weight is 244 g/mol. The van der Waals surface area contributed by atoms with E-state index >= 15 is 0 Å². The van der Waals surface area contributed by atoms with Crippen molar-refractivity contribution in [3.05, 3.63) is 35.0 Å². The van der Waals surface area contributed by atoms with Gasteiger partial charge in [-0.15, -0.1) is 0 Å². The highest BCUT2D eigenvalue weighted by Crippen LogP contribution is 2.24. The van der Waals surface area contributed by atoms with Crippen molar-refractivity contribution in [2.45, 2.75) is 20.3 Å². The van der Waals surface area contributed by atoms with Gasteiger partial charge in [0.2, 0.25) is 0 Å². The summed E-state index contributed by atoms with van der Waals surface area (Å²) in [6.45, 7) is 3.85. The number of nitrogens with zero attached hydrogens (tertiary/aromatic N) is 1. The molecule has 0 atom stereocenters. The van der Waals surface area contributed by atoms with Gasteiger partial charge in [-0.05, 0) is 37.1 Å². The van der Waals surface area contributed by atoms with Crippen LogP contribution in [-0.2, 0) is 11.2 Å². The normalized spacial score (nSPS) is 16.7. The first kappa shape index (κ1) is 12.4. The van der Waals surface area contributed by atoms with Crippen molar-refractivity contribution in [1.29, 1.82) is 0 Å². The maximum atomic E-state index is 11.6. The molecule has 18 heavy (non-hydrogen) atoms. The summed E-state index contributed by atoms with van der Waals surface area (Å²) in [5, 5.41) is 2.66. The van der Waals surface area contributed by atoms with Crippen molar-refractivity contribution in [2.75, 3.05) is 7.11 Å². The number of amides is 1. The second-order valence-corrected chi connectivity index (χ2v) is 4.11. The molecule has 94 valence electrons. The summed E-state index contributed by atoms with van der Waals surface area (Å²) in [5.41, 5.74) is 2.49. The Morgan fingerprint density at radius 2 is 2.22 bits per heavy atom. The summed E-state index contributed by atoms with van der Waals surface area (Å²) in [7, 11) is 1.62. The lowest BCUT2D eigenvalue weighted by molar-refractivity contribution is -0.115. The minimum Gasteiger partial charge on any atom is -0.496 e. The third-order valence-corrected chi connectivity index (χ3v) is 2.81. The Hall–Kier alpha value is -2.10. The lowest BCUT2D eigenvalue weighted by Crippen LogP contribution is -2.21. The SMILES string of the molecule is CCc1ccc(OC)c(/C=C2/N=C(C)NC2=O)c1. The third kappa shape index (κ3) is 2.42. The number of methoxy groups -OCH3 is 1. The first-order valence-corrected chi connectivity index (χ1v) is 5.89. The van der Waals surface area contributed by atoms with E-state index in [9.17, 15) is 4.79 Å². The number of benzene rings is 1. The van der Waals surface area contributed by atoms with E-state index in [-0.39, 0.29) is 5.91 Å². The molecule has 0 bridgehead atoms. The first-order valence-electron chi connectivity index (χ1n) is 5.89. The summed E-state index contributed by atoms with van der Waals surface area (Å²) < 4.78 is 5.29. The van der Waals surface area contributed by atoms with Crippen molar-refractivity contribution >= 4 is 17.8 Å². The molecule has 1 aromatic rings. The van der Waals surface area contributed by atoms with Gasteiger partial charge < -0.3 is 10.1 Å². The Balaban J connectivity index is 2.44. The third-order valence-electron chi connectivity index (χ3n) is 2.81. The number of carbonyl (C=O) groups excluding carboxylic acids is 1. The number of aryl methyl sites for hydroxylation is 1. The Kier molecular flexibility index (Phi) is 3.46. The van der Waals surface area contributed by atoms with Crippen LogP contribution in [0.15, 0.2) is 28.9 Å². The van der Waals surface area contributed by atoms with Crippen molar-refractivity contribution in [1.82, 2.24) is 5.32 Å². The Morgan fingerprint density at radius 3 is 2.78 bits per heavy atom. The van der Waals surface area contributed by atoms with Crippen LogP contribution in [0.3, 0.4) is 0 Å². The number of rotatable bonds is 3. The second-order valence-electron chi connectivity index (χ2n) is 4.11. The minimum atomic E-state index is -0.170. The van der Waals surface area contributed by atoms with Crippen molar-refractivity contribution in [2.24, 2.45) is 4.99 Å². The van der Waals surface area contributed by atoms with E-state index in [1.807, 2.05) is 18.2 Å². The molecule has 1 N–H and O–H groups in total. The molecule has 1 heterocycles. The van der Waals surface area contributed by atoms with Gasteiger partial charge in [0, 0.05) is 5.56 Å². The lowest BCUT2D eigenvalue weighted by Gasteiger charge is -2.07. The Morgan fingerprint density at radius 1 is 1.44 bits per heavy atom. The van der Waals surface area contributed by atoms with Crippen molar-refractivity contribution in [3.63, 3.8) is 0 Å². The van der Waals surface area contributed by atoms with Gasteiger partial charge in [-0.25, -0.2) is 4.99 Å². The highest BCUT2D eigenvalue weighted by Gasteiger charge is 2.17. The monoisotopic (exact) mass is 244 g/mol. The van der Waals surface area contributed by atoms with Gasteiger partial charge >= 0.3 is 0 Å². The van der Waals surface area contributed by atoms with Crippen molar-refractivity contribution in [3.8, 4) is 5.75 Å². The molecule has 0 aliphatic carbocycles. The van der Waals surface area contributed by atoms with Gasteiger partial charge in [0.25, 0.3) is 5.91 Å². The number of nitrogens with one attached hydrogen (secondary N) is 1. The molecule has 4 nitrogen and oxygen atoms in total. The molecule has 0 saturated carbocycles. The van der Waals surface area contributed by atoms with Gasteiger partial charge in [0.05, 0.1) is 7.11 Å². The standard InChI is InChI=1S/C14H16N2O2/c1-4-10-5-6-13(18-3)11(7-10)8-12-14(17)16-9(2)15-12/h5-8H,4H2,1-3H3,(H,15,16,17)/b12-8+. The molecular weight excluding hydrogens is 228 g/mol. The van der Waals surface area contributed by atoms with Crippen LogP contribution in [0, 0.1) is 0 Å². The molecule has 1 aliphatic heterocycles. The van der Waals surface area contributed by atoms with Crippen LogP contribution in [0.25, 0.3) is 6.08 Å². The number of amidine groups is 1. The summed E-state index contributed by atoms with van der Waals surface area (Å²) in [6, 6.07) is 5.95. The summed E-state index contributed by atoms with van der Waals surface area (Å²) in [5.74, 6) is 1.19. The minimum absolute atomic E-state index is 0.170. The van der Waals surface area contributed by atoms with E-state index in [4.69, 9.17) is 4.74 Å². The van der Waals surface area contributed by atoms with Gasteiger partial charge in [-0.1, -0.05) is 13.0 Å². The highest BCUT2D eigenvalue weighted by atomic mass is 16.5. The van der Waals surface area contributed by atoms with Gasteiger partial charge in [-0.3, -0.25) is 4.79 Å². The fourth-order valence-electron chi connectivity index (χ4n) is 1.85. The molecule has 0 spiro atoms. The quantitative estimate of drug-likeness (QED) is 0.828. The van der Waals surface area contributed by atoms with E-state index in [0.29, 0.717) is 11.5 Å². The molecule has 0 unspecified atom stereocenters. The number of ether oxygens (including phenoxy) is 1. The maximum Gasteiger partial charge on any atom is 0.275 e. The molecule has 1 amide bonds. The summed E-state index contributed by atoms with van der Waals surface area (Å²) in [6.07, 6.45) is 2.69. The summed E-state index contributed by atoms with van der Waals surface area (Å²) in [4.78, 5) is 15.8. The van der Waals surface area contributed by atoms with Crippen LogP contribution in [0.2, 0.25) is 0 Å². The largest absolute Gasteiger partial charge is 0.496 e. The fourth-order valence-corrected chi connectivity index (χ4v) is 1.85. The Bertz CT molecular complexity index is 545. The van der Waals surface area contributed by atoms with Crippen LogP contribution in [0.1, 0.15) is 25.0 Å². The predicted molar refractivity (Wildman–Crippen MR) is 71.6 cm³/mol. The maximum absolute atomic E-state index is 11.6. The van der Waals surface area contributed by atoms with Crippen molar-refractivity contribution < 1.29 is 9.53 Å². The topological polar surface area (TPSA) is 50.7 Å². The molecule has 0 saturated heterocycles. The van der Waals surface area contributed by atoms with E-state index in [1.54, 1.807) is 20.1 Å². The van der Waals surface area contributed by atoms with E-state index in [2.05, 4.69) is 17.2 Å². The van der Waals surface area contributed by atoms with Gasteiger partial charge in [0.15, 0.2) is 0 Å². The highest BCUT2D eigenvalue weighted by molar-refractivity contribution is 6.13. The van der Waals surface area contributed by atoms with E-state index in [0.717, 1.165) is 17.7 Å². The molecule has 0 radical (unpaired) electrons. The molecular formula is C14H16N2O2. The molecule has 0 aromatic heterocycles. The zero-order valence-electron chi connectivity index (χ0n) is 10.8. The molecule has 2 rings (SSSR count). The fraction of sp³-hybridized carbons (Fsp3) is 0.286. The van der Waals surface area contributed by atoms with Crippen LogP contribution >= 0.6 is 0 Å². The number of hydrogen-bond acceptors (Lipinski definition) is 3. The number of aliphatic imine (C=N–C) groups is 1. The Labute approximate surface area is 106 Å². The first-order chi connectivity index (χ1) is 8.63. The average Bonchev–Trinajstić information content (AvgIpc) is 2.67. The van der Waals surface area contributed by atoms with E-state index < -0.39 is 0 Å². The molecule has 1 aromatic carbocycles. The zero-order chi connectivity index (χ0) is 13.1. The molecule has 1 aliphatic rings. The van der Waals surface area contributed by atoms with Crippen LogP contribution in [0.5, 0.6) is 5.75 Å². The zero-order valence-corrected chi connectivity index (χ0v) is 10.8. The van der Waals surface area contributed by atoms with Gasteiger partial charge in [-0.2, -0.15) is 0 Å². The summed E-state index contributed by atoms with van der Waals surface area (Å²) >= 11 is 0. The molecule has 0 fully saturated rings. The van der Waals surface area contributed by atoms with Crippen LogP contribution in [-0.4, -0.2) is 18.9 Å². The lowest BCUT2D eigenvalue weighted by atomic mass is 10.1. The number of carbonyl (C=O) groups is 1. The predicted octanol–water partition coefficient (Wildman–Crippen LogP) is 2.15. The number of hydrogen-bond donors (Lipinski definition) is 1. The van der Waals surface area contributed by atoms with E-state index in [1.165, 1.54) is 5.56 Å². The van der Waals surface area contributed by atoms with Crippen LogP contribution in [0.4, 0.5) is 0 Å². The van der Waals surface area contributed by atoms with Crippen LogP contribution < -0.4 is 10.1 Å².